The Balaban J connectivity index is 1.49. The van der Waals surface area contributed by atoms with E-state index in [0.717, 1.165) is 42.5 Å². The van der Waals surface area contributed by atoms with Crippen LogP contribution in [0.5, 0.6) is 0 Å². The van der Waals surface area contributed by atoms with Crippen LogP contribution in [0, 0.1) is 5.92 Å². The first kappa shape index (κ1) is 22.1. The lowest BCUT2D eigenvalue weighted by Crippen LogP contribution is -2.39. The summed E-state index contributed by atoms with van der Waals surface area (Å²) in [7, 11) is 2.11. The quantitative estimate of drug-likeness (QED) is 0.498. The second-order valence-corrected chi connectivity index (χ2v) is 8.96. The number of fused-ring (bicyclic) bond motifs is 2. The van der Waals surface area contributed by atoms with Gasteiger partial charge in [-0.1, -0.05) is 0 Å². The van der Waals surface area contributed by atoms with Gasteiger partial charge in [-0.25, -0.2) is 9.48 Å². The minimum Gasteiger partial charge on any atom is -0.461 e. The number of carbonyl (C=O) groups is 2. The number of esters is 1. The molecule has 1 aromatic carbocycles. The third-order valence-corrected chi connectivity index (χ3v) is 6.65. The minimum atomic E-state index is -0.467. The molecule has 1 saturated heterocycles. The molecule has 2 aliphatic heterocycles. The zero-order valence-corrected chi connectivity index (χ0v) is 19.6. The molecule has 1 amide bonds. The molecule has 4 heterocycles. The summed E-state index contributed by atoms with van der Waals surface area (Å²) in [5.74, 6) is 0.251. The summed E-state index contributed by atoms with van der Waals surface area (Å²) in [5.41, 5.74) is 3.23. The number of anilines is 2. The summed E-state index contributed by atoms with van der Waals surface area (Å²) in [4.78, 5) is 28.3. The zero-order chi connectivity index (χ0) is 23.8. The third-order valence-electron chi connectivity index (χ3n) is 6.65. The van der Waals surface area contributed by atoms with Gasteiger partial charge >= 0.3 is 5.97 Å². The van der Waals surface area contributed by atoms with Crippen molar-refractivity contribution in [2.45, 2.75) is 32.7 Å². The number of amides is 1. The van der Waals surface area contributed by atoms with Gasteiger partial charge in [-0.15, -0.1) is 0 Å². The molecule has 5 rings (SSSR count). The molecule has 2 aliphatic rings. The van der Waals surface area contributed by atoms with Crippen LogP contribution in [0.3, 0.4) is 0 Å². The second-order valence-electron chi connectivity index (χ2n) is 8.96. The van der Waals surface area contributed by atoms with Crippen molar-refractivity contribution in [2.75, 3.05) is 37.4 Å². The van der Waals surface area contributed by atoms with Crippen molar-refractivity contribution >= 4 is 34.3 Å². The number of ether oxygens (including phenoxy) is 1. The Morgan fingerprint density at radius 1 is 1.24 bits per heavy atom. The number of hydrogen-bond acceptors (Lipinski definition) is 7. The molecular formula is C24H29N7O3. The lowest BCUT2D eigenvalue weighted by Gasteiger charge is -2.38. The van der Waals surface area contributed by atoms with Gasteiger partial charge in [0.05, 0.1) is 29.9 Å². The molecule has 10 heteroatoms. The van der Waals surface area contributed by atoms with Crippen molar-refractivity contribution in [3.05, 3.63) is 47.4 Å². The summed E-state index contributed by atoms with van der Waals surface area (Å²) < 4.78 is 6.95. The number of piperidine rings is 1. The Hall–Kier alpha value is -3.66. The highest BCUT2D eigenvalue weighted by Crippen LogP contribution is 2.41. The fourth-order valence-electron chi connectivity index (χ4n) is 4.91. The minimum absolute atomic E-state index is 0.185. The van der Waals surface area contributed by atoms with E-state index in [1.807, 2.05) is 25.1 Å². The number of aromatic amines is 1. The van der Waals surface area contributed by atoms with Gasteiger partial charge < -0.3 is 20.3 Å². The van der Waals surface area contributed by atoms with Crippen LogP contribution < -0.4 is 10.6 Å². The molecule has 1 unspecified atom stereocenters. The predicted octanol–water partition coefficient (Wildman–Crippen LogP) is 3.16. The summed E-state index contributed by atoms with van der Waals surface area (Å²) in [5, 5.41) is 18.8. The monoisotopic (exact) mass is 463 g/mol. The summed E-state index contributed by atoms with van der Waals surface area (Å²) >= 11 is 0. The first-order valence-corrected chi connectivity index (χ1v) is 11.6. The SMILES string of the molecule is CCOC(=O)c1cc2n(n1)C(C1CCN(C)CC1)C(C(=O)Nc1ccc3[nH]ncc3c1)=C(C)N2. The lowest BCUT2D eigenvalue weighted by atomic mass is 9.83. The molecule has 178 valence electrons. The number of allylic oxidation sites excluding steroid dienone is 1. The van der Waals surface area contributed by atoms with Crippen LogP contribution in [-0.4, -0.2) is 63.5 Å². The molecule has 0 saturated carbocycles. The number of likely N-dealkylation sites (tertiary alicyclic amines) is 1. The van der Waals surface area contributed by atoms with E-state index in [-0.39, 0.29) is 30.2 Å². The first-order valence-electron chi connectivity index (χ1n) is 11.6. The van der Waals surface area contributed by atoms with Gasteiger partial charge in [0.25, 0.3) is 5.91 Å². The number of rotatable bonds is 5. The van der Waals surface area contributed by atoms with Crippen LogP contribution in [0.15, 0.2) is 41.7 Å². The van der Waals surface area contributed by atoms with E-state index < -0.39 is 5.97 Å². The van der Waals surface area contributed by atoms with E-state index in [2.05, 4.69) is 37.9 Å². The fraction of sp³-hybridized carbons (Fsp3) is 0.417. The fourth-order valence-corrected chi connectivity index (χ4v) is 4.91. The Morgan fingerprint density at radius 3 is 2.79 bits per heavy atom. The number of hydrogen-bond donors (Lipinski definition) is 3. The van der Waals surface area contributed by atoms with Crippen molar-refractivity contribution in [1.82, 2.24) is 24.9 Å². The van der Waals surface area contributed by atoms with Crippen LogP contribution in [0.25, 0.3) is 10.9 Å². The number of benzene rings is 1. The number of carbonyl (C=O) groups excluding carboxylic acids is 2. The molecule has 2 aromatic heterocycles. The molecule has 10 nitrogen and oxygen atoms in total. The van der Waals surface area contributed by atoms with Crippen LogP contribution in [0.2, 0.25) is 0 Å². The van der Waals surface area contributed by atoms with E-state index in [9.17, 15) is 9.59 Å². The summed E-state index contributed by atoms with van der Waals surface area (Å²) in [6.07, 6.45) is 3.59. The van der Waals surface area contributed by atoms with Crippen LogP contribution in [0.1, 0.15) is 43.2 Å². The highest BCUT2D eigenvalue weighted by molar-refractivity contribution is 6.06. The van der Waals surface area contributed by atoms with Gasteiger partial charge in [-0.05, 0) is 70.9 Å². The molecule has 0 bridgehead atoms. The summed E-state index contributed by atoms with van der Waals surface area (Å²) in [6.45, 7) is 5.83. The number of H-pyrrole nitrogens is 1. The van der Waals surface area contributed by atoms with Crippen LogP contribution in [-0.2, 0) is 9.53 Å². The van der Waals surface area contributed by atoms with E-state index in [1.54, 1.807) is 23.9 Å². The molecule has 1 fully saturated rings. The van der Waals surface area contributed by atoms with Crippen LogP contribution in [0.4, 0.5) is 11.5 Å². The second kappa shape index (κ2) is 8.94. The predicted molar refractivity (Wildman–Crippen MR) is 128 cm³/mol. The maximum absolute atomic E-state index is 13.6. The number of aromatic nitrogens is 4. The third kappa shape index (κ3) is 4.05. The van der Waals surface area contributed by atoms with Crippen molar-refractivity contribution < 1.29 is 14.3 Å². The Kier molecular flexibility index (Phi) is 5.82. The maximum Gasteiger partial charge on any atom is 0.358 e. The van der Waals surface area contributed by atoms with Gasteiger partial charge in [0.15, 0.2) is 5.69 Å². The molecule has 3 N–H and O–H groups in total. The molecule has 0 radical (unpaired) electrons. The van der Waals surface area contributed by atoms with Gasteiger partial charge in [0.2, 0.25) is 0 Å². The number of nitrogens with zero attached hydrogens (tertiary/aromatic N) is 4. The zero-order valence-electron chi connectivity index (χ0n) is 19.6. The Labute approximate surface area is 197 Å². The normalized spacial score (nSPS) is 19.1. The van der Waals surface area contributed by atoms with Crippen molar-refractivity contribution in [3.8, 4) is 0 Å². The highest BCUT2D eigenvalue weighted by atomic mass is 16.5. The molecular weight excluding hydrogens is 434 g/mol. The van der Waals surface area contributed by atoms with Gasteiger partial charge in [0.1, 0.15) is 5.82 Å². The average molecular weight is 464 g/mol. The maximum atomic E-state index is 13.6. The van der Waals surface area contributed by atoms with E-state index in [4.69, 9.17) is 4.74 Å². The molecule has 1 atom stereocenters. The average Bonchev–Trinajstić information content (AvgIpc) is 3.45. The molecule has 3 aromatic rings. The van der Waals surface area contributed by atoms with Crippen molar-refractivity contribution in [1.29, 1.82) is 0 Å². The molecule has 0 aliphatic carbocycles. The van der Waals surface area contributed by atoms with Crippen LogP contribution >= 0.6 is 0 Å². The van der Waals surface area contributed by atoms with E-state index in [0.29, 0.717) is 17.1 Å². The lowest BCUT2D eigenvalue weighted by molar-refractivity contribution is -0.113. The Morgan fingerprint density at radius 2 is 2.03 bits per heavy atom. The molecule has 0 spiro atoms. The smallest absolute Gasteiger partial charge is 0.358 e. The van der Waals surface area contributed by atoms with Gasteiger partial charge in [0, 0.05) is 22.8 Å². The van der Waals surface area contributed by atoms with Crippen molar-refractivity contribution in [2.24, 2.45) is 5.92 Å². The first-order chi connectivity index (χ1) is 16.4. The number of nitrogens with one attached hydrogen (secondary N) is 3. The van der Waals surface area contributed by atoms with Gasteiger partial charge in [-0.2, -0.15) is 10.2 Å². The van der Waals surface area contributed by atoms with Gasteiger partial charge in [-0.3, -0.25) is 9.89 Å². The van der Waals surface area contributed by atoms with E-state index in [1.165, 1.54) is 0 Å². The topological polar surface area (TPSA) is 117 Å². The Bertz CT molecular complexity index is 1270. The highest BCUT2D eigenvalue weighted by Gasteiger charge is 2.39. The largest absolute Gasteiger partial charge is 0.461 e. The molecule has 34 heavy (non-hydrogen) atoms. The summed E-state index contributed by atoms with van der Waals surface area (Å²) in [6, 6.07) is 7.05. The van der Waals surface area contributed by atoms with Crippen molar-refractivity contribution in [3.63, 3.8) is 0 Å². The van der Waals surface area contributed by atoms with E-state index >= 15 is 0 Å². The standard InChI is InChI=1S/C24H29N7O3/c1-4-34-24(33)19-12-20-26-14(2)21(22(31(20)29-19)15-7-9-30(3)10-8-15)23(32)27-17-5-6-18-16(11-17)13-25-28-18/h5-6,11-13,15,22,26H,4,7-10H2,1-3H3,(H,25,28)(H,27,32).